The van der Waals surface area contributed by atoms with Gasteiger partial charge in [-0.1, -0.05) is 12.1 Å². The van der Waals surface area contributed by atoms with Crippen LogP contribution in [0.1, 0.15) is 26.3 Å². The highest BCUT2D eigenvalue weighted by atomic mass is 79.9. The summed E-state index contributed by atoms with van der Waals surface area (Å²) in [5.74, 6) is -1.41. The average molecular weight is 334 g/mol. The summed E-state index contributed by atoms with van der Waals surface area (Å²) in [4.78, 5) is 23.0. The van der Waals surface area contributed by atoms with Crippen LogP contribution in [0.3, 0.4) is 0 Å². The zero-order valence-corrected chi connectivity index (χ0v) is 12.3. The molecule has 0 radical (unpaired) electrons. The number of carbonyl (C=O) groups is 2. The molecule has 4 nitrogen and oxygen atoms in total. The fourth-order valence-electron chi connectivity index (χ4n) is 1.71. The highest BCUT2D eigenvalue weighted by molar-refractivity contribution is 9.10. The molecule has 0 aliphatic rings. The Bertz CT molecular complexity index is 683. The molecule has 0 aliphatic heterocycles. The molecule has 0 saturated heterocycles. The van der Waals surface area contributed by atoms with E-state index < -0.39 is 5.97 Å². The van der Waals surface area contributed by atoms with Gasteiger partial charge in [-0.3, -0.25) is 4.79 Å². The highest BCUT2D eigenvalue weighted by Crippen LogP contribution is 2.24. The third-order valence-corrected chi connectivity index (χ3v) is 3.40. The summed E-state index contributed by atoms with van der Waals surface area (Å²) in [5.41, 5.74) is 2.10. The maximum atomic E-state index is 12.1. The first-order chi connectivity index (χ1) is 9.47. The molecule has 0 bridgehead atoms. The number of carbonyl (C=O) groups excluding carboxylic acids is 1. The maximum Gasteiger partial charge on any atom is 0.335 e. The molecule has 0 aromatic heterocycles. The molecule has 0 heterocycles. The summed E-state index contributed by atoms with van der Waals surface area (Å²) in [5, 5.41) is 11.7. The molecule has 0 unspecified atom stereocenters. The molecule has 20 heavy (non-hydrogen) atoms. The second-order valence-electron chi connectivity index (χ2n) is 4.32. The van der Waals surface area contributed by atoms with Crippen LogP contribution in [-0.4, -0.2) is 17.0 Å². The number of hydrogen-bond acceptors (Lipinski definition) is 2. The number of halogens is 1. The van der Waals surface area contributed by atoms with E-state index >= 15 is 0 Å². The van der Waals surface area contributed by atoms with Gasteiger partial charge in [0.2, 0.25) is 0 Å². The van der Waals surface area contributed by atoms with Crippen molar-refractivity contribution in [1.82, 2.24) is 0 Å². The lowest BCUT2D eigenvalue weighted by atomic mass is 10.1. The van der Waals surface area contributed by atoms with E-state index in [1.807, 2.05) is 19.1 Å². The van der Waals surface area contributed by atoms with Gasteiger partial charge in [0.15, 0.2) is 0 Å². The minimum atomic E-state index is -1.06. The van der Waals surface area contributed by atoms with Crippen molar-refractivity contribution in [2.24, 2.45) is 0 Å². The van der Waals surface area contributed by atoms with E-state index in [0.717, 1.165) is 10.0 Å². The number of anilines is 1. The Morgan fingerprint density at radius 3 is 2.45 bits per heavy atom. The zero-order valence-electron chi connectivity index (χ0n) is 10.7. The number of benzene rings is 2. The first-order valence-electron chi connectivity index (χ1n) is 5.88. The lowest BCUT2D eigenvalue weighted by Crippen LogP contribution is -2.13. The van der Waals surface area contributed by atoms with E-state index in [1.165, 1.54) is 12.1 Å². The maximum absolute atomic E-state index is 12.1. The molecular weight excluding hydrogens is 322 g/mol. The van der Waals surface area contributed by atoms with Crippen LogP contribution in [0.25, 0.3) is 0 Å². The summed E-state index contributed by atoms with van der Waals surface area (Å²) >= 11 is 3.38. The van der Waals surface area contributed by atoms with Crippen LogP contribution in [0.4, 0.5) is 5.69 Å². The van der Waals surface area contributed by atoms with Crippen molar-refractivity contribution in [2.75, 3.05) is 5.32 Å². The molecule has 1 amide bonds. The first kappa shape index (κ1) is 14.3. The smallest absolute Gasteiger partial charge is 0.335 e. The Labute approximate surface area is 124 Å². The summed E-state index contributed by atoms with van der Waals surface area (Å²) < 4.78 is 0.778. The van der Waals surface area contributed by atoms with E-state index in [1.54, 1.807) is 18.2 Å². The quantitative estimate of drug-likeness (QED) is 0.899. The van der Waals surface area contributed by atoms with Crippen LogP contribution in [0.15, 0.2) is 46.9 Å². The summed E-state index contributed by atoms with van der Waals surface area (Å²) in [6, 6.07) is 11.5. The first-order valence-corrected chi connectivity index (χ1v) is 6.67. The van der Waals surface area contributed by atoms with Gasteiger partial charge in [-0.25, -0.2) is 4.79 Å². The molecule has 0 fully saturated rings. The van der Waals surface area contributed by atoms with E-state index in [9.17, 15) is 9.59 Å². The number of hydrogen-bond donors (Lipinski definition) is 2. The number of aryl methyl sites for hydroxylation is 1. The van der Waals surface area contributed by atoms with Crippen LogP contribution in [0.2, 0.25) is 0 Å². The Morgan fingerprint density at radius 1 is 1.10 bits per heavy atom. The molecule has 0 aliphatic carbocycles. The minimum Gasteiger partial charge on any atom is -0.478 e. The second-order valence-corrected chi connectivity index (χ2v) is 5.18. The van der Waals surface area contributed by atoms with E-state index in [-0.39, 0.29) is 11.5 Å². The summed E-state index contributed by atoms with van der Waals surface area (Å²) in [6.45, 7) is 1.95. The van der Waals surface area contributed by atoms with Crippen LogP contribution < -0.4 is 5.32 Å². The largest absolute Gasteiger partial charge is 0.478 e. The number of rotatable bonds is 3. The normalized spacial score (nSPS) is 10.1. The topological polar surface area (TPSA) is 66.4 Å². The zero-order chi connectivity index (χ0) is 14.7. The highest BCUT2D eigenvalue weighted by Gasteiger charge is 2.11. The molecule has 102 valence electrons. The lowest BCUT2D eigenvalue weighted by molar-refractivity contribution is 0.0697. The molecule has 2 N–H and O–H groups in total. The fourth-order valence-corrected chi connectivity index (χ4v) is 2.30. The van der Waals surface area contributed by atoms with Gasteiger partial charge in [-0.05, 0) is 58.7 Å². The van der Waals surface area contributed by atoms with E-state index in [4.69, 9.17) is 5.11 Å². The Kier molecular flexibility index (Phi) is 4.20. The van der Waals surface area contributed by atoms with E-state index in [0.29, 0.717) is 11.3 Å². The Morgan fingerprint density at radius 2 is 1.80 bits per heavy atom. The van der Waals surface area contributed by atoms with Crippen molar-refractivity contribution in [3.63, 3.8) is 0 Å². The minimum absolute atomic E-state index is 0.0839. The molecule has 2 rings (SSSR count). The SMILES string of the molecule is Cc1ccc(NC(=O)c2cccc(C(=O)O)c2)c(Br)c1. The standard InChI is InChI=1S/C15H12BrNO3/c1-9-5-6-13(12(16)7-9)17-14(18)10-3-2-4-11(8-10)15(19)20/h2-8H,1H3,(H,17,18)(H,19,20). The number of nitrogens with one attached hydrogen (secondary N) is 1. The molecular formula is C15H12BrNO3. The Balaban J connectivity index is 2.24. The molecule has 5 heteroatoms. The second kappa shape index (κ2) is 5.88. The van der Waals surface area contributed by atoms with Gasteiger partial charge in [0, 0.05) is 10.0 Å². The summed E-state index contributed by atoms with van der Waals surface area (Å²) in [7, 11) is 0. The molecule has 0 saturated carbocycles. The van der Waals surface area contributed by atoms with Crippen LogP contribution in [-0.2, 0) is 0 Å². The number of carboxylic acids is 1. The van der Waals surface area contributed by atoms with Gasteiger partial charge in [-0.2, -0.15) is 0 Å². The number of amides is 1. The van der Waals surface area contributed by atoms with Crippen molar-refractivity contribution < 1.29 is 14.7 Å². The van der Waals surface area contributed by atoms with Crippen molar-refractivity contribution in [3.8, 4) is 0 Å². The van der Waals surface area contributed by atoms with Gasteiger partial charge in [-0.15, -0.1) is 0 Å². The lowest BCUT2D eigenvalue weighted by Gasteiger charge is -2.08. The van der Waals surface area contributed by atoms with Gasteiger partial charge in [0.1, 0.15) is 0 Å². The molecule has 0 atom stereocenters. The molecule has 2 aromatic rings. The third-order valence-electron chi connectivity index (χ3n) is 2.74. The van der Waals surface area contributed by atoms with Crippen molar-refractivity contribution in [3.05, 3.63) is 63.6 Å². The van der Waals surface area contributed by atoms with Gasteiger partial charge < -0.3 is 10.4 Å². The van der Waals surface area contributed by atoms with Gasteiger partial charge in [0.05, 0.1) is 11.3 Å². The predicted octanol–water partition coefficient (Wildman–Crippen LogP) is 3.71. The molecule has 0 spiro atoms. The van der Waals surface area contributed by atoms with Crippen molar-refractivity contribution >= 4 is 33.5 Å². The fraction of sp³-hybridized carbons (Fsp3) is 0.0667. The van der Waals surface area contributed by atoms with Crippen LogP contribution in [0.5, 0.6) is 0 Å². The monoisotopic (exact) mass is 333 g/mol. The number of aromatic carboxylic acids is 1. The van der Waals surface area contributed by atoms with E-state index in [2.05, 4.69) is 21.2 Å². The average Bonchev–Trinajstić information content (AvgIpc) is 2.42. The van der Waals surface area contributed by atoms with Crippen molar-refractivity contribution in [2.45, 2.75) is 6.92 Å². The Hall–Kier alpha value is -2.14. The van der Waals surface area contributed by atoms with Crippen LogP contribution in [0, 0.1) is 6.92 Å². The third kappa shape index (κ3) is 3.24. The van der Waals surface area contributed by atoms with Gasteiger partial charge in [0.25, 0.3) is 5.91 Å². The van der Waals surface area contributed by atoms with Gasteiger partial charge >= 0.3 is 5.97 Å². The van der Waals surface area contributed by atoms with Crippen molar-refractivity contribution in [1.29, 1.82) is 0 Å². The summed E-state index contributed by atoms with van der Waals surface area (Å²) in [6.07, 6.45) is 0. The number of carboxylic acid groups (broad SMARTS) is 1. The predicted molar refractivity (Wildman–Crippen MR) is 80.2 cm³/mol. The van der Waals surface area contributed by atoms with Crippen LogP contribution >= 0.6 is 15.9 Å². The molecule has 2 aromatic carbocycles.